The zero-order chi connectivity index (χ0) is 15.9. The maximum absolute atomic E-state index is 4.11. The molecule has 0 aliphatic carbocycles. The van der Waals surface area contributed by atoms with Crippen LogP contribution in [0.5, 0.6) is 0 Å². The summed E-state index contributed by atoms with van der Waals surface area (Å²) < 4.78 is 0. The minimum absolute atomic E-state index is 0.867. The minimum Gasteiger partial charge on any atom is -0.371 e. The molecule has 0 spiro atoms. The molecule has 3 rings (SSSR count). The molecule has 1 aliphatic rings. The van der Waals surface area contributed by atoms with E-state index in [0.717, 1.165) is 12.5 Å². The number of hydrogen-bond acceptors (Lipinski definition) is 3. The van der Waals surface area contributed by atoms with E-state index in [1.54, 1.807) is 0 Å². The first-order chi connectivity index (χ1) is 11.3. The van der Waals surface area contributed by atoms with Gasteiger partial charge in [-0.1, -0.05) is 30.3 Å². The van der Waals surface area contributed by atoms with Crippen molar-refractivity contribution in [2.24, 2.45) is 5.92 Å². The van der Waals surface area contributed by atoms with Crippen LogP contribution in [0.4, 0.5) is 5.69 Å². The average molecular weight is 309 g/mol. The average Bonchev–Trinajstić information content (AvgIpc) is 2.62. The van der Waals surface area contributed by atoms with Gasteiger partial charge >= 0.3 is 0 Å². The summed E-state index contributed by atoms with van der Waals surface area (Å²) in [6, 6.07) is 15.0. The fraction of sp³-hybridized carbons (Fsp3) is 0.450. The van der Waals surface area contributed by atoms with Gasteiger partial charge in [-0.05, 0) is 56.5 Å². The number of rotatable bonds is 6. The van der Waals surface area contributed by atoms with E-state index in [2.05, 4.69) is 64.3 Å². The van der Waals surface area contributed by atoms with E-state index >= 15 is 0 Å². The summed E-state index contributed by atoms with van der Waals surface area (Å²) in [4.78, 5) is 9.05. The van der Waals surface area contributed by atoms with Gasteiger partial charge in [0.25, 0.3) is 0 Å². The fourth-order valence-corrected chi connectivity index (χ4v) is 3.41. The first kappa shape index (κ1) is 16.0. The monoisotopic (exact) mass is 309 g/mol. The van der Waals surface area contributed by atoms with Crippen molar-refractivity contribution >= 4 is 5.69 Å². The summed E-state index contributed by atoms with van der Waals surface area (Å²) in [6.45, 7) is 4.60. The molecule has 2 heterocycles. The number of piperidine rings is 1. The molecule has 1 saturated heterocycles. The second-order valence-corrected chi connectivity index (χ2v) is 6.65. The lowest BCUT2D eigenvalue weighted by Gasteiger charge is -2.34. The van der Waals surface area contributed by atoms with Gasteiger partial charge in [0, 0.05) is 37.7 Å². The lowest BCUT2D eigenvalue weighted by molar-refractivity contribution is 0.273. The summed E-state index contributed by atoms with van der Waals surface area (Å²) in [6.07, 6.45) is 7.70. The van der Waals surface area contributed by atoms with Gasteiger partial charge < -0.3 is 9.80 Å². The number of benzene rings is 1. The van der Waals surface area contributed by atoms with Crippen molar-refractivity contribution in [2.45, 2.75) is 25.8 Å². The van der Waals surface area contributed by atoms with Gasteiger partial charge in [-0.25, -0.2) is 0 Å². The van der Waals surface area contributed by atoms with Crippen LogP contribution < -0.4 is 4.90 Å². The van der Waals surface area contributed by atoms with Crippen molar-refractivity contribution in [3.63, 3.8) is 0 Å². The first-order valence-corrected chi connectivity index (χ1v) is 8.69. The van der Waals surface area contributed by atoms with Crippen LogP contribution in [0.2, 0.25) is 0 Å². The third-order valence-corrected chi connectivity index (χ3v) is 4.86. The zero-order valence-corrected chi connectivity index (χ0v) is 14.1. The smallest absolute Gasteiger partial charge is 0.0397 e. The molecular weight excluding hydrogens is 282 g/mol. The molecule has 0 amide bonds. The highest BCUT2D eigenvalue weighted by molar-refractivity contribution is 5.44. The summed E-state index contributed by atoms with van der Waals surface area (Å²) in [5.74, 6) is 0.867. The quantitative estimate of drug-likeness (QED) is 0.808. The molecule has 3 heteroatoms. The molecule has 122 valence electrons. The normalized spacial score (nSPS) is 16.0. The SMILES string of the molecule is CN(CCC1CCN(c2ccncc2)CC1)Cc1ccccc1. The van der Waals surface area contributed by atoms with Crippen molar-refractivity contribution in [2.75, 3.05) is 31.6 Å². The van der Waals surface area contributed by atoms with E-state index in [9.17, 15) is 0 Å². The Morgan fingerprint density at radius 3 is 2.43 bits per heavy atom. The van der Waals surface area contributed by atoms with Crippen molar-refractivity contribution in [1.82, 2.24) is 9.88 Å². The van der Waals surface area contributed by atoms with Crippen LogP contribution in [0.15, 0.2) is 54.9 Å². The van der Waals surface area contributed by atoms with Gasteiger partial charge in [0.15, 0.2) is 0 Å². The first-order valence-electron chi connectivity index (χ1n) is 8.69. The molecular formula is C20H27N3. The molecule has 0 bridgehead atoms. The van der Waals surface area contributed by atoms with Crippen LogP contribution in [0.1, 0.15) is 24.8 Å². The highest BCUT2D eigenvalue weighted by Crippen LogP contribution is 2.24. The molecule has 0 N–H and O–H groups in total. The molecule has 1 fully saturated rings. The lowest BCUT2D eigenvalue weighted by atomic mass is 9.93. The van der Waals surface area contributed by atoms with Gasteiger partial charge in [0.1, 0.15) is 0 Å². The van der Waals surface area contributed by atoms with Gasteiger partial charge in [-0.3, -0.25) is 4.98 Å². The second kappa shape index (κ2) is 8.11. The summed E-state index contributed by atoms with van der Waals surface area (Å²) >= 11 is 0. The number of aromatic nitrogens is 1. The van der Waals surface area contributed by atoms with E-state index in [1.165, 1.54) is 50.1 Å². The van der Waals surface area contributed by atoms with E-state index in [1.807, 2.05) is 12.4 Å². The van der Waals surface area contributed by atoms with Gasteiger partial charge in [-0.2, -0.15) is 0 Å². The second-order valence-electron chi connectivity index (χ2n) is 6.65. The predicted molar refractivity (Wildman–Crippen MR) is 96.6 cm³/mol. The maximum atomic E-state index is 4.11. The molecule has 0 unspecified atom stereocenters. The molecule has 23 heavy (non-hydrogen) atoms. The Morgan fingerprint density at radius 2 is 1.74 bits per heavy atom. The molecule has 0 radical (unpaired) electrons. The Labute approximate surface area is 140 Å². The molecule has 0 saturated carbocycles. The summed E-state index contributed by atoms with van der Waals surface area (Å²) in [5, 5.41) is 0. The highest BCUT2D eigenvalue weighted by Gasteiger charge is 2.19. The molecule has 1 aliphatic heterocycles. The Hall–Kier alpha value is -1.87. The van der Waals surface area contributed by atoms with Crippen LogP contribution in [-0.2, 0) is 6.54 Å². The topological polar surface area (TPSA) is 19.4 Å². The standard InChI is InChI=1S/C20H27N3/c1-22(17-19-5-3-2-4-6-19)14-9-18-10-15-23(16-11-18)20-7-12-21-13-8-20/h2-8,12-13,18H,9-11,14-17H2,1H3. The number of nitrogens with zero attached hydrogens (tertiary/aromatic N) is 3. The third kappa shape index (κ3) is 4.80. The van der Waals surface area contributed by atoms with Crippen LogP contribution in [0.25, 0.3) is 0 Å². The number of hydrogen-bond donors (Lipinski definition) is 0. The van der Waals surface area contributed by atoms with E-state index < -0.39 is 0 Å². The van der Waals surface area contributed by atoms with Gasteiger partial charge in [0.2, 0.25) is 0 Å². The molecule has 1 aromatic heterocycles. The molecule has 2 aromatic rings. The van der Waals surface area contributed by atoms with Crippen molar-refractivity contribution < 1.29 is 0 Å². The number of pyridine rings is 1. The summed E-state index contributed by atoms with van der Waals surface area (Å²) in [7, 11) is 2.24. The molecule has 1 aromatic carbocycles. The Bertz CT molecular complexity index is 562. The van der Waals surface area contributed by atoms with Crippen LogP contribution >= 0.6 is 0 Å². The highest BCUT2D eigenvalue weighted by atomic mass is 15.1. The zero-order valence-electron chi connectivity index (χ0n) is 14.1. The Balaban J connectivity index is 1.39. The van der Waals surface area contributed by atoms with E-state index in [-0.39, 0.29) is 0 Å². The van der Waals surface area contributed by atoms with Crippen molar-refractivity contribution in [1.29, 1.82) is 0 Å². The molecule has 3 nitrogen and oxygen atoms in total. The third-order valence-electron chi connectivity index (χ3n) is 4.86. The van der Waals surface area contributed by atoms with Crippen LogP contribution in [0.3, 0.4) is 0 Å². The largest absolute Gasteiger partial charge is 0.371 e. The Kier molecular flexibility index (Phi) is 5.65. The van der Waals surface area contributed by atoms with Crippen LogP contribution in [-0.4, -0.2) is 36.6 Å². The van der Waals surface area contributed by atoms with E-state index in [4.69, 9.17) is 0 Å². The fourth-order valence-electron chi connectivity index (χ4n) is 3.41. The Morgan fingerprint density at radius 1 is 1.04 bits per heavy atom. The van der Waals surface area contributed by atoms with Crippen molar-refractivity contribution in [3.05, 3.63) is 60.4 Å². The van der Waals surface area contributed by atoms with E-state index in [0.29, 0.717) is 0 Å². The summed E-state index contributed by atoms with van der Waals surface area (Å²) in [5.41, 5.74) is 2.72. The van der Waals surface area contributed by atoms with Crippen LogP contribution in [0, 0.1) is 5.92 Å². The molecule has 0 atom stereocenters. The lowest BCUT2D eigenvalue weighted by Crippen LogP contribution is -2.34. The maximum Gasteiger partial charge on any atom is 0.0397 e. The predicted octanol–water partition coefficient (Wildman–Crippen LogP) is 3.82. The van der Waals surface area contributed by atoms with Gasteiger partial charge in [-0.15, -0.1) is 0 Å². The number of anilines is 1. The van der Waals surface area contributed by atoms with Crippen molar-refractivity contribution in [3.8, 4) is 0 Å². The minimum atomic E-state index is 0.867. The van der Waals surface area contributed by atoms with Gasteiger partial charge in [0.05, 0.1) is 0 Å².